The van der Waals surface area contributed by atoms with Gasteiger partial charge in [0, 0.05) is 11.4 Å². The molecule has 0 spiro atoms. The number of hydrogen-bond acceptors (Lipinski definition) is 2. The van der Waals surface area contributed by atoms with E-state index in [4.69, 9.17) is 0 Å². The minimum Gasteiger partial charge on any atom is -0.312 e. The topological polar surface area (TPSA) is 12.0 Å². The van der Waals surface area contributed by atoms with Crippen LogP contribution in [0.3, 0.4) is 0 Å². The summed E-state index contributed by atoms with van der Waals surface area (Å²) >= 11 is 1.92. The lowest BCUT2D eigenvalue weighted by Crippen LogP contribution is -2.18. The first-order valence-electron chi connectivity index (χ1n) is 6.06. The van der Waals surface area contributed by atoms with Crippen LogP contribution in [-0.2, 0) is 6.54 Å². The van der Waals surface area contributed by atoms with Crippen molar-refractivity contribution in [2.45, 2.75) is 39.1 Å². The maximum Gasteiger partial charge on any atom is 0.0205 e. The van der Waals surface area contributed by atoms with Crippen molar-refractivity contribution in [2.24, 2.45) is 5.92 Å². The average molecular weight is 237 g/mol. The molecule has 1 aromatic rings. The van der Waals surface area contributed by atoms with Crippen LogP contribution in [0.5, 0.6) is 0 Å². The third-order valence-electron chi connectivity index (χ3n) is 2.42. The highest BCUT2D eigenvalue weighted by atomic mass is 32.2. The summed E-state index contributed by atoms with van der Waals surface area (Å²) in [6.45, 7) is 10.9. The second-order valence-corrected chi connectivity index (χ2v) is 5.86. The van der Waals surface area contributed by atoms with Crippen LogP contribution >= 0.6 is 11.8 Å². The molecule has 90 valence electrons. The molecule has 0 heterocycles. The molecule has 1 rings (SSSR count). The van der Waals surface area contributed by atoms with E-state index >= 15 is 0 Å². The first kappa shape index (κ1) is 13.6. The second-order valence-electron chi connectivity index (χ2n) is 4.56. The van der Waals surface area contributed by atoms with E-state index in [9.17, 15) is 0 Å². The molecule has 0 fully saturated rings. The molecule has 0 amide bonds. The summed E-state index contributed by atoms with van der Waals surface area (Å²) < 4.78 is 0. The van der Waals surface area contributed by atoms with Crippen LogP contribution in [0.2, 0.25) is 0 Å². The van der Waals surface area contributed by atoms with Gasteiger partial charge in [-0.25, -0.2) is 0 Å². The maximum atomic E-state index is 3.47. The lowest BCUT2D eigenvalue weighted by atomic mass is 10.1. The maximum absolute atomic E-state index is 3.47. The van der Waals surface area contributed by atoms with E-state index in [1.165, 1.54) is 16.0 Å². The lowest BCUT2D eigenvalue weighted by molar-refractivity contribution is 0.552. The van der Waals surface area contributed by atoms with Crippen molar-refractivity contribution in [1.82, 2.24) is 5.32 Å². The molecule has 0 aromatic heterocycles. The minimum atomic E-state index is 0.719. The number of hydrogen-bond donors (Lipinski definition) is 1. The lowest BCUT2D eigenvalue weighted by Gasteiger charge is -2.10. The highest BCUT2D eigenvalue weighted by Gasteiger charge is 2.00. The summed E-state index contributed by atoms with van der Waals surface area (Å²) in [4.78, 5) is 1.41. The molecule has 1 aromatic carbocycles. The number of nitrogens with one attached hydrogen (secondary N) is 1. The Hall–Kier alpha value is -0.470. The van der Waals surface area contributed by atoms with Gasteiger partial charge in [0.1, 0.15) is 0 Å². The van der Waals surface area contributed by atoms with Crippen molar-refractivity contribution < 1.29 is 0 Å². The molecule has 0 atom stereocenters. The predicted octanol–water partition coefficient (Wildman–Crippen LogP) is 3.85. The molecule has 2 heteroatoms. The van der Waals surface area contributed by atoms with Crippen molar-refractivity contribution in [1.29, 1.82) is 0 Å². The fourth-order valence-electron chi connectivity index (χ4n) is 1.64. The molecule has 1 N–H and O–H groups in total. The first-order chi connectivity index (χ1) is 7.63. The summed E-state index contributed by atoms with van der Waals surface area (Å²) in [5, 5.41) is 3.47. The summed E-state index contributed by atoms with van der Waals surface area (Å²) in [5.41, 5.74) is 2.79. The molecule has 0 aliphatic heterocycles. The quantitative estimate of drug-likeness (QED) is 0.754. The molecule has 16 heavy (non-hydrogen) atoms. The van der Waals surface area contributed by atoms with E-state index in [1.807, 2.05) is 11.8 Å². The zero-order valence-corrected chi connectivity index (χ0v) is 11.7. The van der Waals surface area contributed by atoms with Crippen LogP contribution in [0.1, 0.15) is 31.9 Å². The summed E-state index contributed by atoms with van der Waals surface area (Å²) in [7, 11) is 0. The largest absolute Gasteiger partial charge is 0.312 e. The van der Waals surface area contributed by atoms with E-state index in [-0.39, 0.29) is 0 Å². The van der Waals surface area contributed by atoms with Crippen molar-refractivity contribution in [2.75, 3.05) is 12.3 Å². The molecule has 0 aliphatic carbocycles. The van der Waals surface area contributed by atoms with Crippen molar-refractivity contribution in [3.63, 3.8) is 0 Å². The van der Waals surface area contributed by atoms with Crippen LogP contribution in [0.4, 0.5) is 0 Å². The zero-order valence-electron chi connectivity index (χ0n) is 10.8. The fourth-order valence-corrected chi connectivity index (χ4v) is 2.41. The summed E-state index contributed by atoms with van der Waals surface area (Å²) in [6.07, 6.45) is 0. The normalized spacial score (nSPS) is 11.1. The Morgan fingerprint density at radius 3 is 2.62 bits per heavy atom. The summed E-state index contributed by atoms with van der Waals surface area (Å²) in [5.74, 6) is 1.86. The third kappa shape index (κ3) is 4.58. The Labute approximate surface area is 104 Å². The third-order valence-corrected chi connectivity index (χ3v) is 3.48. The van der Waals surface area contributed by atoms with Crippen molar-refractivity contribution in [3.05, 3.63) is 29.3 Å². The van der Waals surface area contributed by atoms with Gasteiger partial charge in [0.25, 0.3) is 0 Å². The standard InChI is InChI=1S/C14H23NS/c1-5-16-14-7-6-13(8-12(14)4)10-15-9-11(2)3/h6-8,11,15H,5,9-10H2,1-4H3. The monoisotopic (exact) mass is 237 g/mol. The summed E-state index contributed by atoms with van der Waals surface area (Å²) in [6, 6.07) is 6.78. The molecule has 0 saturated heterocycles. The van der Waals surface area contributed by atoms with Gasteiger partial charge in [-0.1, -0.05) is 32.9 Å². The van der Waals surface area contributed by atoms with Crippen LogP contribution in [0, 0.1) is 12.8 Å². The first-order valence-corrected chi connectivity index (χ1v) is 7.05. The smallest absolute Gasteiger partial charge is 0.0205 e. The van der Waals surface area contributed by atoms with Gasteiger partial charge in [0.2, 0.25) is 0 Å². The molecular weight excluding hydrogens is 214 g/mol. The Morgan fingerprint density at radius 2 is 2.06 bits per heavy atom. The molecular formula is C14H23NS. The van der Waals surface area contributed by atoms with Gasteiger partial charge in [0.15, 0.2) is 0 Å². The average Bonchev–Trinajstić information content (AvgIpc) is 2.21. The number of rotatable bonds is 6. The van der Waals surface area contributed by atoms with Crippen LogP contribution in [0.25, 0.3) is 0 Å². The molecule has 0 unspecified atom stereocenters. The Bertz CT molecular complexity index is 321. The van der Waals surface area contributed by atoms with Crippen molar-refractivity contribution >= 4 is 11.8 Å². The fraction of sp³-hybridized carbons (Fsp3) is 0.571. The highest BCUT2D eigenvalue weighted by Crippen LogP contribution is 2.22. The van der Waals surface area contributed by atoms with Crippen LogP contribution in [0.15, 0.2) is 23.1 Å². The Balaban J connectivity index is 2.52. The SMILES string of the molecule is CCSc1ccc(CNCC(C)C)cc1C. The van der Waals surface area contributed by atoms with Crippen LogP contribution < -0.4 is 5.32 Å². The van der Waals surface area contributed by atoms with E-state index in [0.29, 0.717) is 0 Å². The Kier molecular flexibility index (Phi) is 5.93. The zero-order chi connectivity index (χ0) is 12.0. The molecule has 1 nitrogen and oxygen atoms in total. The van der Waals surface area contributed by atoms with Gasteiger partial charge in [0.05, 0.1) is 0 Å². The van der Waals surface area contributed by atoms with E-state index in [2.05, 4.69) is 51.2 Å². The van der Waals surface area contributed by atoms with Gasteiger partial charge >= 0.3 is 0 Å². The molecule has 0 saturated carbocycles. The number of benzene rings is 1. The van der Waals surface area contributed by atoms with Crippen LogP contribution in [-0.4, -0.2) is 12.3 Å². The van der Waals surface area contributed by atoms with Gasteiger partial charge in [-0.05, 0) is 42.3 Å². The van der Waals surface area contributed by atoms with E-state index < -0.39 is 0 Å². The second kappa shape index (κ2) is 6.97. The van der Waals surface area contributed by atoms with E-state index in [0.717, 1.165) is 24.8 Å². The van der Waals surface area contributed by atoms with Gasteiger partial charge in [-0.2, -0.15) is 0 Å². The molecule has 0 aliphatic rings. The van der Waals surface area contributed by atoms with E-state index in [1.54, 1.807) is 0 Å². The van der Waals surface area contributed by atoms with Gasteiger partial charge < -0.3 is 5.32 Å². The highest BCUT2D eigenvalue weighted by molar-refractivity contribution is 7.99. The molecule has 0 radical (unpaired) electrons. The predicted molar refractivity (Wildman–Crippen MR) is 74.1 cm³/mol. The minimum absolute atomic E-state index is 0.719. The van der Waals surface area contributed by atoms with Gasteiger partial charge in [-0.15, -0.1) is 11.8 Å². The van der Waals surface area contributed by atoms with Gasteiger partial charge in [-0.3, -0.25) is 0 Å². The Morgan fingerprint density at radius 1 is 1.31 bits per heavy atom. The number of aryl methyl sites for hydroxylation is 1. The molecule has 0 bridgehead atoms. The number of thioether (sulfide) groups is 1. The van der Waals surface area contributed by atoms with Crippen molar-refractivity contribution in [3.8, 4) is 0 Å².